The van der Waals surface area contributed by atoms with Crippen LogP contribution in [0.2, 0.25) is 0 Å². The van der Waals surface area contributed by atoms with Crippen LogP contribution < -0.4 is 5.32 Å². The molecule has 1 N–H and O–H groups in total. The van der Waals surface area contributed by atoms with Crippen molar-refractivity contribution >= 4 is 17.3 Å². The molecule has 1 aromatic rings. The number of hydrogen-bond acceptors (Lipinski definition) is 4. The molecule has 2 saturated carbocycles. The summed E-state index contributed by atoms with van der Waals surface area (Å²) in [7, 11) is 1.72. The van der Waals surface area contributed by atoms with Crippen LogP contribution in [0.4, 0.5) is 11.4 Å². The molecule has 2 aliphatic rings. The van der Waals surface area contributed by atoms with Crippen molar-refractivity contribution in [2.24, 2.45) is 5.92 Å². The van der Waals surface area contributed by atoms with Crippen molar-refractivity contribution in [3.63, 3.8) is 0 Å². The van der Waals surface area contributed by atoms with Crippen LogP contribution in [0.25, 0.3) is 0 Å². The smallest absolute Gasteiger partial charge is 0.270 e. The van der Waals surface area contributed by atoms with Gasteiger partial charge in [-0.05, 0) is 37.7 Å². The standard InChI is InChI=1S/C15H19N3O3/c1-16-14-7-6-12(18(20)21)8-13(14)15(19)17(11-4-5-11)9-10-2-3-10/h6-8,10-11,16H,2-5,9H2,1H3. The second-order valence-corrected chi connectivity index (χ2v) is 5.87. The van der Waals surface area contributed by atoms with Crippen LogP contribution in [-0.2, 0) is 0 Å². The Kier molecular flexibility index (Phi) is 3.53. The number of nitrogens with zero attached hydrogens (tertiary/aromatic N) is 2. The summed E-state index contributed by atoms with van der Waals surface area (Å²) in [5.74, 6) is 0.531. The molecule has 0 aromatic heterocycles. The molecule has 2 aliphatic carbocycles. The van der Waals surface area contributed by atoms with E-state index in [2.05, 4.69) is 5.32 Å². The number of non-ortho nitro benzene ring substituents is 1. The molecule has 0 unspecified atom stereocenters. The van der Waals surface area contributed by atoms with E-state index < -0.39 is 4.92 Å². The Morgan fingerprint density at radius 2 is 2.10 bits per heavy atom. The predicted octanol–water partition coefficient (Wildman–Crippen LogP) is 2.65. The number of nitro groups is 1. The molecule has 0 bridgehead atoms. The average Bonchev–Trinajstić information content (AvgIpc) is 3.36. The Morgan fingerprint density at radius 1 is 1.38 bits per heavy atom. The van der Waals surface area contributed by atoms with Crippen molar-refractivity contribution in [3.8, 4) is 0 Å². The largest absolute Gasteiger partial charge is 0.387 e. The van der Waals surface area contributed by atoms with Crippen molar-refractivity contribution in [1.82, 2.24) is 4.90 Å². The first kappa shape index (κ1) is 13.9. The maximum atomic E-state index is 12.8. The summed E-state index contributed by atoms with van der Waals surface area (Å²) in [6.07, 6.45) is 4.46. The lowest BCUT2D eigenvalue weighted by Gasteiger charge is -2.23. The van der Waals surface area contributed by atoms with E-state index in [1.54, 1.807) is 13.1 Å². The summed E-state index contributed by atoms with van der Waals surface area (Å²) in [5, 5.41) is 13.9. The summed E-state index contributed by atoms with van der Waals surface area (Å²) >= 11 is 0. The minimum absolute atomic E-state index is 0.0421. The van der Waals surface area contributed by atoms with Gasteiger partial charge >= 0.3 is 0 Å². The first-order chi connectivity index (χ1) is 10.1. The van der Waals surface area contributed by atoms with Gasteiger partial charge in [-0.2, -0.15) is 0 Å². The van der Waals surface area contributed by atoms with Gasteiger partial charge in [-0.25, -0.2) is 0 Å². The fourth-order valence-electron chi connectivity index (χ4n) is 2.56. The molecule has 112 valence electrons. The second kappa shape index (κ2) is 5.35. The van der Waals surface area contributed by atoms with Gasteiger partial charge < -0.3 is 10.2 Å². The molecule has 0 aliphatic heterocycles. The van der Waals surface area contributed by atoms with E-state index in [0.717, 1.165) is 19.4 Å². The third-order valence-corrected chi connectivity index (χ3v) is 4.11. The molecular formula is C15H19N3O3. The molecule has 6 heteroatoms. The normalized spacial score (nSPS) is 17.4. The number of benzene rings is 1. The lowest BCUT2D eigenvalue weighted by atomic mass is 10.1. The van der Waals surface area contributed by atoms with Gasteiger partial charge in [0.05, 0.1) is 10.5 Å². The number of amides is 1. The number of carbonyl (C=O) groups is 1. The molecule has 3 rings (SSSR count). The molecule has 0 heterocycles. The molecule has 21 heavy (non-hydrogen) atoms. The summed E-state index contributed by atoms with van der Waals surface area (Å²) in [6.45, 7) is 0.787. The van der Waals surface area contributed by atoms with E-state index in [1.807, 2.05) is 4.90 Å². The molecular weight excluding hydrogens is 270 g/mol. The highest BCUT2D eigenvalue weighted by Crippen LogP contribution is 2.36. The number of nitrogens with one attached hydrogen (secondary N) is 1. The Morgan fingerprint density at radius 3 is 2.62 bits per heavy atom. The van der Waals surface area contributed by atoms with Gasteiger partial charge in [0.25, 0.3) is 11.6 Å². The Bertz CT molecular complexity index is 580. The van der Waals surface area contributed by atoms with Crippen molar-refractivity contribution in [3.05, 3.63) is 33.9 Å². The minimum atomic E-state index is -0.460. The van der Waals surface area contributed by atoms with Crippen molar-refractivity contribution in [2.45, 2.75) is 31.7 Å². The van der Waals surface area contributed by atoms with Crippen LogP contribution in [0.5, 0.6) is 0 Å². The van der Waals surface area contributed by atoms with Gasteiger partial charge in [0, 0.05) is 37.5 Å². The SMILES string of the molecule is CNc1ccc([N+](=O)[O-])cc1C(=O)N(CC1CC1)C1CC1. The number of hydrogen-bond donors (Lipinski definition) is 1. The molecule has 1 aromatic carbocycles. The van der Waals surface area contributed by atoms with E-state index >= 15 is 0 Å². The van der Waals surface area contributed by atoms with Crippen LogP contribution in [0.15, 0.2) is 18.2 Å². The second-order valence-electron chi connectivity index (χ2n) is 5.87. The fourth-order valence-corrected chi connectivity index (χ4v) is 2.56. The summed E-state index contributed by atoms with van der Waals surface area (Å²) in [5.41, 5.74) is 1.01. The number of rotatable bonds is 6. The Balaban J connectivity index is 1.90. The summed E-state index contributed by atoms with van der Waals surface area (Å²) < 4.78 is 0. The maximum absolute atomic E-state index is 12.8. The van der Waals surface area contributed by atoms with Crippen LogP contribution >= 0.6 is 0 Å². The van der Waals surface area contributed by atoms with Crippen molar-refractivity contribution in [2.75, 3.05) is 18.9 Å². The minimum Gasteiger partial charge on any atom is -0.387 e. The first-order valence-electron chi connectivity index (χ1n) is 7.37. The number of anilines is 1. The average molecular weight is 289 g/mol. The van der Waals surface area contributed by atoms with Gasteiger partial charge in [0.15, 0.2) is 0 Å². The van der Waals surface area contributed by atoms with Gasteiger partial charge in [-0.1, -0.05) is 0 Å². The summed E-state index contributed by atoms with van der Waals surface area (Å²) in [6, 6.07) is 4.73. The van der Waals surface area contributed by atoms with Crippen LogP contribution in [-0.4, -0.2) is 35.4 Å². The fraction of sp³-hybridized carbons (Fsp3) is 0.533. The maximum Gasteiger partial charge on any atom is 0.270 e. The zero-order chi connectivity index (χ0) is 15.0. The lowest BCUT2D eigenvalue weighted by Crippen LogP contribution is -2.35. The van der Waals surface area contributed by atoms with Gasteiger partial charge in [-0.15, -0.1) is 0 Å². The molecule has 0 atom stereocenters. The van der Waals surface area contributed by atoms with Crippen LogP contribution in [0.1, 0.15) is 36.0 Å². The third kappa shape index (κ3) is 2.99. The van der Waals surface area contributed by atoms with E-state index in [0.29, 0.717) is 23.2 Å². The highest BCUT2D eigenvalue weighted by Gasteiger charge is 2.37. The van der Waals surface area contributed by atoms with E-state index in [1.165, 1.54) is 25.0 Å². The van der Waals surface area contributed by atoms with E-state index in [-0.39, 0.29) is 11.6 Å². The van der Waals surface area contributed by atoms with Gasteiger partial charge in [-0.3, -0.25) is 14.9 Å². The molecule has 2 fully saturated rings. The van der Waals surface area contributed by atoms with Crippen LogP contribution in [0, 0.1) is 16.0 Å². The summed E-state index contributed by atoms with van der Waals surface area (Å²) in [4.78, 5) is 25.2. The lowest BCUT2D eigenvalue weighted by molar-refractivity contribution is -0.384. The third-order valence-electron chi connectivity index (χ3n) is 4.11. The molecule has 0 saturated heterocycles. The Labute approximate surface area is 123 Å². The van der Waals surface area contributed by atoms with Crippen LogP contribution in [0.3, 0.4) is 0 Å². The van der Waals surface area contributed by atoms with Gasteiger partial charge in [0.1, 0.15) is 0 Å². The monoisotopic (exact) mass is 289 g/mol. The van der Waals surface area contributed by atoms with E-state index in [4.69, 9.17) is 0 Å². The first-order valence-corrected chi connectivity index (χ1v) is 7.37. The molecule has 6 nitrogen and oxygen atoms in total. The number of nitro benzene ring substituents is 1. The number of carbonyl (C=O) groups excluding carboxylic acids is 1. The highest BCUT2D eigenvalue weighted by molar-refractivity contribution is 6.00. The zero-order valence-electron chi connectivity index (χ0n) is 12.0. The predicted molar refractivity (Wildman–Crippen MR) is 79.4 cm³/mol. The molecule has 0 radical (unpaired) electrons. The van der Waals surface area contributed by atoms with Crippen molar-refractivity contribution < 1.29 is 9.72 Å². The highest BCUT2D eigenvalue weighted by atomic mass is 16.6. The quantitative estimate of drug-likeness (QED) is 0.645. The topological polar surface area (TPSA) is 75.5 Å². The Hall–Kier alpha value is -2.11. The zero-order valence-corrected chi connectivity index (χ0v) is 12.0. The van der Waals surface area contributed by atoms with E-state index in [9.17, 15) is 14.9 Å². The molecule has 0 spiro atoms. The van der Waals surface area contributed by atoms with Gasteiger partial charge in [0.2, 0.25) is 0 Å². The molecule has 1 amide bonds. The van der Waals surface area contributed by atoms with Crippen molar-refractivity contribution in [1.29, 1.82) is 0 Å².